The van der Waals surface area contributed by atoms with E-state index in [1.54, 1.807) is 0 Å². The fraction of sp³-hybridized carbons (Fsp3) is 0.438. The summed E-state index contributed by atoms with van der Waals surface area (Å²) in [5.74, 6) is 0.813. The molecule has 1 unspecified atom stereocenters. The van der Waals surface area contributed by atoms with Crippen LogP contribution in [0.15, 0.2) is 41.3 Å². The first-order valence-corrected chi connectivity index (χ1v) is 7.64. The summed E-state index contributed by atoms with van der Waals surface area (Å²) in [5, 5.41) is 0.313. The van der Waals surface area contributed by atoms with E-state index in [0.29, 0.717) is 11.2 Å². The van der Waals surface area contributed by atoms with Gasteiger partial charge in [0.2, 0.25) is 0 Å². The fourth-order valence-electron chi connectivity index (χ4n) is 3.08. The minimum atomic E-state index is 0.167. The van der Waals surface area contributed by atoms with Gasteiger partial charge in [0.15, 0.2) is 5.78 Å². The molecule has 1 heterocycles. The van der Waals surface area contributed by atoms with Crippen LogP contribution in [0.25, 0.3) is 0 Å². The second-order valence-electron chi connectivity index (χ2n) is 5.29. The van der Waals surface area contributed by atoms with E-state index in [4.69, 9.17) is 0 Å². The number of hydrogen-bond donors (Lipinski definition) is 0. The van der Waals surface area contributed by atoms with Crippen molar-refractivity contribution < 1.29 is 4.79 Å². The first-order chi connectivity index (χ1) is 8.77. The largest absolute Gasteiger partial charge is 0.289 e. The minimum Gasteiger partial charge on any atom is -0.289 e. The van der Waals surface area contributed by atoms with Crippen LogP contribution in [0.3, 0.4) is 0 Å². The molecule has 1 atom stereocenters. The van der Waals surface area contributed by atoms with Crippen molar-refractivity contribution in [2.24, 2.45) is 5.92 Å². The Hall–Kier alpha value is -1.02. The van der Waals surface area contributed by atoms with E-state index in [9.17, 15) is 4.79 Å². The Balaban J connectivity index is 1.90. The smallest absolute Gasteiger partial charge is 0.190 e. The number of benzene rings is 1. The van der Waals surface area contributed by atoms with E-state index in [0.717, 1.165) is 16.0 Å². The van der Waals surface area contributed by atoms with Gasteiger partial charge in [-0.25, -0.2) is 0 Å². The predicted octanol–water partition coefficient (Wildman–Crippen LogP) is 4.48. The van der Waals surface area contributed by atoms with E-state index < -0.39 is 0 Å². The maximum atomic E-state index is 12.4. The molecule has 1 saturated carbocycles. The Bertz CT molecular complexity index is 486. The monoisotopic (exact) mass is 258 g/mol. The van der Waals surface area contributed by atoms with Crippen molar-refractivity contribution in [2.75, 3.05) is 0 Å². The van der Waals surface area contributed by atoms with Crippen LogP contribution < -0.4 is 0 Å². The fourth-order valence-corrected chi connectivity index (χ4v) is 4.52. The zero-order valence-electron chi connectivity index (χ0n) is 10.5. The SMILES string of the molecule is C=C1C(=O)c2ccccc2SC1C1CCCCC1. The third-order valence-corrected chi connectivity index (χ3v) is 5.63. The zero-order chi connectivity index (χ0) is 12.5. The van der Waals surface area contributed by atoms with Crippen molar-refractivity contribution >= 4 is 17.5 Å². The number of carbonyl (C=O) groups excluding carboxylic acids is 1. The van der Waals surface area contributed by atoms with Gasteiger partial charge >= 0.3 is 0 Å². The Morgan fingerprint density at radius 1 is 1.11 bits per heavy atom. The van der Waals surface area contributed by atoms with Gasteiger partial charge in [-0.1, -0.05) is 38.0 Å². The molecular formula is C16H18OS. The summed E-state index contributed by atoms with van der Waals surface area (Å²) in [6.07, 6.45) is 6.48. The number of thioether (sulfide) groups is 1. The molecule has 1 aliphatic carbocycles. The highest BCUT2D eigenvalue weighted by Crippen LogP contribution is 2.44. The number of hydrogen-bond acceptors (Lipinski definition) is 2. The third-order valence-electron chi connectivity index (χ3n) is 4.10. The molecule has 0 radical (unpaired) electrons. The van der Waals surface area contributed by atoms with Gasteiger partial charge < -0.3 is 0 Å². The molecule has 0 amide bonds. The highest BCUT2D eigenvalue weighted by atomic mass is 32.2. The Morgan fingerprint density at radius 2 is 1.83 bits per heavy atom. The van der Waals surface area contributed by atoms with Gasteiger partial charge in [-0.2, -0.15) is 0 Å². The van der Waals surface area contributed by atoms with E-state index in [-0.39, 0.29) is 5.78 Å². The molecule has 0 aromatic heterocycles. The molecule has 18 heavy (non-hydrogen) atoms. The van der Waals surface area contributed by atoms with Gasteiger partial charge in [0.05, 0.1) is 0 Å². The summed E-state index contributed by atoms with van der Waals surface area (Å²) in [4.78, 5) is 13.5. The van der Waals surface area contributed by atoms with Crippen LogP contribution in [0, 0.1) is 5.92 Å². The highest BCUT2D eigenvalue weighted by Gasteiger charge is 2.34. The third kappa shape index (κ3) is 2.03. The first kappa shape index (κ1) is 12.0. The topological polar surface area (TPSA) is 17.1 Å². The lowest BCUT2D eigenvalue weighted by Crippen LogP contribution is -2.29. The average molecular weight is 258 g/mol. The number of rotatable bonds is 1. The minimum absolute atomic E-state index is 0.167. The molecule has 3 rings (SSSR count). The van der Waals surface area contributed by atoms with Gasteiger partial charge in [0.25, 0.3) is 0 Å². The normalized spacial score (nSPS) is 25.0. The summed E-state index contributed by atoms with van der Waals surface area (Å²) in [5.41, 5.74) is 1.67. The maximum absolute atomic E-state index is 12.4. The van der Waals surface area contributed by atoms with E-state index >= 15 is 0 Å². The van der Waals surface area contributed by atoms with Crippen LogP contribution >= 0.6 is 11.8 Å². The summed E-state index contributed by atoms with van der Waals surface area (Å²) in [6.45, 7) is 4.08. The molecule has 94 valence electrons. The molecule has 0 bridgehead atoms. The lowest BCUT2D eigenvalue weighted by Gasteiger charge is -2.34. The van der Waals surface area contributed by atoms with Crippen molar-refractivity contribution in [2.45, 2.75) is 42.2 Å². The van der Waals surface area contributed by atoms with Crippen LogP contribution in [0.5, 0.6) is 0 Å². The van der Waals surface area contributed by atoms with E-state index in [1.807, 2.05) is 30.0 Å². The molecule has 0 N–H and O–H groups in total. The number of Topliss-reactive ketones (excluding diaryl/α,β-unsaturated/α-hetero) is 1. The summed E-state index contributed by atoms with van der Waals surface area (Å²) in [6, 6.07) is 7.95. The van der Waals surface area contributed by atoms with Crippen molar-refractivity contribution in [3.63, 3.8) is 0 Å². The number of fused-ring (bicyclic) bond motifs is 1. The second-order valence-corrected chi connectivity index (χ2v) is 6.47. The van der Waals surface area contributed by atoms with Crippen LogP contribution in [-0.4, -0.2) is 11.0 Å². The molecule has 1 nitrogen and oxygen atoms in total. The molecule has 1 aromatic carbocycles. The van der Waals surface area contributed by atoms with Crippen LogP contribution in [-0.2, 0) is 0 Å². The number of carbonyl (C=O) groups is 1. The Labute approximate surface area is 113 Å². The van der Waals surface area contributed by atoms with E-state index in [1.165, 1.54) is 32.1 Å². The second kappa shape index (κ2) is 4.93. The molecule has 0 spiro atoms. The quantitative estimate of drug-likeness (QED) is 0.691. The average Bonchev–Trinajstić information content (AvgIpc) is 2.44. The van der Waals surface area contributed by atoms with Crippen LogP contribution in [0.2, 0.25) is 0 Å². The van der Waals surface area contributed by atoms with Gasteiger partial charge in [-0.3, -0.25) is 4.79 Å². The Kier molecular flexibility index (Phi) is 3.29. The van der Waals surface area contributed by atoms with Crippen LogP contribution in [0.1, 0.15) is 42.5 Å². The van der Waals surface area contributed by atoms with Gasteiger partial charge in [0, 0.05) is 21.3 Å². The first-order valence-electron chi connectivity index (χ1n) is 6.76. The standard InChI is InChI=1S/C16H18OS/c1-11-15(17)13-9-5-6-10-14(13)18-16(11)12-7-3-2-4-8-12/h5-6,9-10,12,16H,1-4,7-8H2. The van der Waals surface area contributed by atoms with Gasteiger partial charge in [-0.15, -0.1) is 11.8 Å². The molecular weight excluding hydrogens is 240 g/mol. The lowest BCUT2D eigenvalue weighted by molar-refractivity contribution is 0.102. The molecule has 0 saturated heterocycles. The van der Waals surface area contributed by atoms with Gasteiger partial charge in [-0.05, 0) is 30.9 Å². The highest BCUT2D eigenvalue weighted by molar-refractivity contribution is 8.00. The number of ketones is 1. The maximum Gasteiger partial charge on any atom is 0.190 e. The van der Waals surface area contributed by atoms with Crippen LogP contribution in [0.4, 0.5) is 0 Å². The lowest BCUT2D eigenvalue weighted by atomic mass is 9.83. The van der Waals surface area contributed by atoms with Crippen molar-refractivity contribution in [3.8, 4) is 0 Å². The molecule has 1 fully saturated rings. The molecule has 2 aliphatic rings. The summed E-state index contributed by atoms with van der Waals surface area (Å²) in [7, 11) is 0. The van der Waals surface area contributed by atoms with Crippen molar-refractivity contribution in [1.82, 2.24) is 0 Å². The summed E-state index contributed by atoms with van der Waals surface area (Å²) >= 11 is 1.85. The van der Waals surface area contributed by atoms with Gasteiger partial charge in [0.1, 0.15) is 0 Å². The predicted molar refractivity (Wildman–Crippen MR) is 76.1 cm³/mol. The zero-order valence-corrected chi connectivity index (χ0v) is 11.3. The Morgan fingerprint density at radius 3 is 2.61 bits per heavy atom. The van der Waals surface area contributed by atoms with Crippen molar-refractivity contribution in [3.05, 3.63) is 42.0 Å². The van der Waals surface area contributed by atoms with E-state index in [2.05, 4.69) is 12.6 Å². The summed E-state index contributed by atoms with van der Waals surface area (Å²) < 4.78 is 0. The molecule has 2 heteroatoms. The molecule has 1 aliphatic heterocycles. The molecule has 1 aromatic rings. The van der Waals surface area contributed by atoms with Crippen molar-refractivity contribution in [1.29, 1.82) is 0 Å².